The maximum Gasteiger partial charge on any atom is 0.125 e. The largest absolute Gasteiger partial charge is 0.336 e. The van der Waals surface area contributed by atoms with Gasteiger partial charge in [0.2, 0.25) is 0 Å². The standard InChI is InChI=1S/C63H50F2N4/c1-62(2,3)39-22-28-52-50(32-39)58-54(66(43-15-9-7-10-16-43)37-38-20-24-41(64)25-21-38)30-26-46-48-35-57-49(36-56(48)68(52)60(46)58)47-27-31-55(67(44-17-11-8-12-18-44)45-19-13-14-42(65)34-45)59-51-33-40(63(4,5)6)23-29-53(51)69(57)61(47)59/h7-36H,37H2,1-6H3. The van der Waals surface area contributed by atoms with Crippen LogP contribution in [0.4, 0.5) is 37.2 Å². The number of para-hydroxylation sites is 2. The number of hydrogen-bond donors (Lipinski definition) is 0. The monoisotopic (exact) mass is 900 g/mol. The Labute approximate surface area is 399 Å². The molecule has 9 aromatic carbocycles. The fourth-order valence-corrected chi connectivity index (χ4v) is 11.2. The normalized spacial score (nSPS) is 12.7. The maximum absolute atomic E-state index is 15.2. The number of anilines is 5. The van der Waals surface area contributed by atoms with Crippen molar-refractivity contribution in [2.24, 2.45) is 0 Å². The van der Waals surface area contributed by atoms with Gasteiger partial charge in [-0.2, -0.15) is 0 Å². The van der Waals surface area contributed by atoms with Crippen molar-refractivity contribution in [1.82, 2.24) is 8.80 Å². The summed E-state index contributed by atoms with van der Waals surface area (Å²) in [6.07, 6.45) is 0. The number of hydrogen-bond acceptors (Lipinski definition) is 2. The summed E-state index contributed by atoms with van der Waals surface area (Å²) in [5, 5.41) is 9.42. The van der Waals surface area contributed by atoms with Gasteiger partial charge in [0.05, 0.1) is 44.5 Å². The predicted molar refractivity (Wildman–Crippen MR) is 286 cm³/mol. The van der Waals surface area contributed by atoms with Crippen molar-refractivity contribution < 1.29 is 8.78 Å². The van der Waals surface area contributed by atoms with Crippen LogP contribution < -0.4 is 9.80 Å². The molecule has 4 heterocycles. The van der Waals surface area contributed by atoms with Crippen LogP contribution in [0.5, 0.6) is 0 Å². The van der Waals surface area contributed by atoms with Gasteiger partial charge < -0.3 is 18.6 Å². The first-order chi connectivity index (χ1) is 33.3. The molecule has 6 heteroatoms. The number of fused-ring (bicyclic) bond motifs is 12. The summed E-state index contributed by atoms with van der Waals surface area (Å²) in [6, 6.07) is 62.6. The van der Waals surface area contributed by atoms with E-state index in [0.717, 1.165) is 67.0 Å². The molecule has 0 saturated heterocycles. The van der Waals surface area contributed by atoms with Gasteiger partial charge in [0, 0.05) is 66.7 Å². The zero-order chi connectivity index (χ0) is 47.1. The summed E-state index contributed by atoms with van der Waals surface area (Å²) in [5.41, 5.74) is 15.2. The zero-order valence-corrected chi connectivity index (χ0v) is 39.6. The average molecular weight is 901 g/mol. The number of nitrogens with zero attached hydrogens (tertiary/aromatic N) is 4. The quantitative estimate of drug-likeness (QED) is 0.158. The van der Waals surface area contributed by atoms with Gasteiger partial charge in [-0.15, -0.1) is 0 Å². The van der Waals surface area contributed by atoms with Crippen molar-refractivity contribution >= 4 is 105 Å². The predicted octanol–water partition coefficient (Wildman–Crippen LogP) is 17.7. The Kier molecular flexibility index (Phi) is 8.83. The first kappa shape index (κ1) is 41.2. The van der Waals surface area contributed by atoms with Crippen molar-refractivity contribution in [2.75, 3.05) is 9.80 Å². The van der Waals surface area contributed by atoms with Gasteiger partial charge in [-0.05, 0) is 131 Å². The number of halogens is 2. The van der Waals surface area contributed by atoms with Crippen molar-refractivity contribution in [3.8, 4) is 0 Å². The summed E-state index contributed by atoms with van der Waals surface area (Å²) >= 11 is 0. The molecule has 0 aliphatic rings. The number of aromatic nitrogens is 2. The van der Waals surface area contributed by atoms with E-state index in [9.17, 15) is 4.39 Å². The second kappa shape index (κ2) is 14.8. The Balaban J connectivity index is 1.14. The molecule has 0 N–H and O–H groups in total. The van der Waals surface area contributed by atoms with Crippen LogP contribution in [0.3, 0.4) is 0 Å². The highest BCUT2D eigenvalue weighted by Crippen LogP contribution is 2.51. The van der Waals surface area contributed by atoms with Crippen LogP contribution in [-0.2, 0) is 17.4 Å². The van der Waals surface area contributed by atoms with Gasteiger partial charge in [-0.1, -0.05) is 120 Å². The molecule has 0 bridgehead atoms. The zero-order valence-electron chi connectivity index (χ0n) is 39.6. The maximum atomic E-state index is 15.2. The molecule has 0 aliphatic carbocycles. The minimum Gasteiger partial charge on any atom is -0.336 e. The van der Waals surface area contributed by atoms with E-state index in [1.807, 2.05) is 36.4 Å². The topological polar surface area (TPSA) is 15.3 Å². The third kappa shape index (κ3) is 6.24. The highest BCUT2D eigenvalue weighted by molar-refractivity contribution is 6.32. The van der Waals surface area contributed by atoms with Crippen molar-refractivity contribution in [1.29, 1.82) is 0 Å². The Morgan fingerprint density at radius 2 is 0.899 bits per heavy atom. The smallest absolute Gasteiger partial charge is 0.125 e. The summed E-state index contributed by atoms with van der Waals surface area (Å²) in [7, 11) is 0. The lowest BCUT2D eigenvalue weighted by atomic mass is 9.86. The highest BCUT2D eigenvalue weighted by Gasteiger charge is 2.29. The second-order valence-electron chi connectivity index (χ2n) is 20.9. The third-order valence-corrected chi connectivity index (χ3v) is 14.6. The Morgan fingerprint density at radius 3 is 1.43 bits per heavy atom. The van der Waals surface area contributed by atoms with Crippen molar-refractivity contribution in [3.63, 3.8) is 0 Å². The van der Waals surface area contributed by atoms with Crippen LogP contribution >= 0.6 is 0 Å². The second-order valence-corrected chi connectivity index (χ2v) is 20.9. The number of benzene rings is 9. The summed E-state index contributed by atoms with van der Waals surface area (Å²) in [5.74, 6) is -0.520. The van der Waals surface area contributed by atoms with Gasteiger partial charge in [0.25, 0.3) is 0 Å². The van der Waals surface area contributed by atoms with E-state index >= 15 is 4.39 Å². The van der Waals surface area contributed by atoms with Crippen LogP contribution in [0.15, 0.2) is 182 Å². The molecule has 13 aromatic rings. The van der Waals surface area contributed by atoms with E-state index in [-0.39, 0.29) is 22.5 Å². The lowest BCUT2D eigenvalue weighted by molar-refractivity contribution is 0.591. The van der Waals surface area contributed by atoms with Crippen LogP contribution in [0.25, 0.3) is 76.2 Å². The van der Waals surface area contributed by atoms with E-state index in [0.29, 0.717) is 6.54 Å². The van der Waals surface area contributed by atoms with E-state index in [4.69, 9.17) is 0 Å². The van der Waals surface area contributed by atoms with Gasteiger partial charge in [0.1, 0.15) is 11.6 Å². The molecule has 69 heavy (non-hydrogen) atoms. The van der Waals surface area contributed by atoms with Gasteiger partial charge in [-0.25, -0.2) is 8.78 Å². The molecule has 0 atom stereocenters. The molecule has 0 amide bonds. The van der Waals surface area contributed by atoms with E-state index in [1.165, 1.54) is 60.4 Å². The fraction of sp³-hybridized carbons (Fsp3) is 0.143. The molecule has 0 spiro atoms. The molecule has 4 nitrogen and oxygen atoms in total. The minimum absolute atomic E-state index is 0.0668. The lowest BCUT2D eigenvalue weighted by Gasteiger charge is -2.26. The van der Waals surface area contributed by atoms with E-state index in [2.05, 4.69) is 175 Å². The molecule has 0 aliphatic heterocycles. The van der Waals surface area contributed by atoms with Crippen LogP contribution in [-0.4, -0.2) is 8.80 Å². The first-order valence-electron chi connectivity index (χ1n) is 23.9. The molecule has 0 unspecified atom stereocenters. The van der Waals surface area contributed by atoms with Gasteiger partial charge >= 0.3 is 0 Å². The number of rotatable bonds is 7. The van der Waals surface area contributed by atoms with E-state index in [1.54, 1.807) is 24.3 Å². The molecular formula is C63H50F2N4. The van der Waals surface area contributed by atoms with Crippen LogP contribution in [0, 0.1) is 11.6 Å². The first-order valence-corrected chi connectivity index (χ1v) is 23.9. The minimum atomic E-state index is -0.278. The molecule has 336 valence electrons. The molecule has 0 fully saturated rings. The summed E-state index contributed by atoms with van der Waals surface area (Å²) in [4.78, 5) is 4.59. The van der Waals surface area contributed by atoms with Gasteiger partial charge in [-0.3, -0.25) is 0 Å². The third-order valence-electron chi connectivity index (χ3n) is 14.6. The molecule has 4 aromatic heterocycles. The van der Waals surface area contributed by atoms with Crippen molar-refractivity contribution in [3.05, 3.63) is 210 Å². The molecular weight excluding hydrogens is 851 g/mol. The Bertz CT molecular complexity index is 4140. The molecule has 0 radical (unpaired) electrons. The average Bonchev–Trinajstić information content (AvgIpc) is 4.07. The van der Waals surface area contributed by atoms with Crippen LogP contribution in [0.1, 0.15) is 58.2 Å². The Hall–Kier alpha value is -7.96. The Morgan fingerprint density at radius 1 is 0.391 bits per heavy atom. The van der Waals surface area contributed by atoms with Gasteiger partial charge in [0.15, 0.2) is 0 Å². The molecule has 13 rings (SSSR count). The lowest BCUT2D eigenvalue weighted by Crippen LogP contribution is -2.16. The highest BCUT2D eigenvalue weighted by atomic mass is 19.1. The SMILES string of the molecule is CC(C)(C)c1ccc2c(c1)c1c(N(Cc3ccc(F)cc3)c3ccccc3)ccc3c4cc5c(cc4n2c31)c1ccc(N(c2ccccc2)c2cccc(F)c2)c2c3cc(C(C)(C)C)ccc3n5c12. The van der Waals surface area contributed by atoms with E-state index < -0.39 is 0 Å². The van der Waals surface area contributed by atoms with Crippen LogP contribution in [0.2, 0.25) is 0 Å². The molecule has 0 saturated carbocycles. The fourth-order valence-electron chi connectivity index (χ4n) is 11.2. The summed E-state index contributed by atoms with van der Waals surface area (Å²) in [6.45, 7) is 14.2. The summed E-state index contributed by atoms with van der Waals surface area (Å²) < 4.78 is 34.5. The van der Waals surface area contributed by atoms with Crippen molar-refractivity contribution in [2.45, 2.75) is 58.9 Å².